The molecule has 1 fully saturated rings. The SMILES string of the molecule is CCOC1CCN(Cc2cc(Cl)cc(C(C)=O)c2O)CC1. The van der Waals surface area contributed by atoms with Crippen molar-refractivity contribution in [1.29, 1.82) is 0 Å². The van der Waals surface area contributed by atoms with Crippen LogP contribution in [-0.4, -0.2) is 41.6 Å². The maximum absolute atomic E-state index is 11.5. The smallest absolute Gasteiger partial charge is 0.163 e. The molecule has 0 amide bonds. The molecule has 1 aliphatic rings. The lowest BCUT2D eigenvalue weighted by atomic mass is 10.0. The summed E-state index contributed by atoms with van der Waals surface area (Å²) in [5.74, 6) is -0.120. The van der Waals surface area contributed by atoms with Crippen LogP contribution in [0.25, 0.3) is 0 Å². The van der Waals surface area contributed by atoms with Crippen molar-refractivity contribution in [2.45, 2.75) is 39.3 Å². The van der Waals surface area contributed by atoms with Gasteiger partial charge in [-0.15, -0.1) is 0 Å². The summed E-state index contributed by atoms with van der Waals surface area (Å²) in [5, 5.41) is 10.7. The number of likely N-dealkylation sites (tertiary alicyclic amines) is 1. The van der Waals surface area contributed by atoms with E-state index in [1.165, 1.54) is 13.0 Å². The molecule has 0 aliphatic carbocycles. The Morgan fingerprint density at radius 2 is 2.10 bits per heavy atom. The van der Waals surface area contributed by atoms with Crippen LogP contribution >= 0.6 is 11.6 Å². The van der Waals surface area contributed by atoms with E-state index in [1.807, 2.05) is 6.92 Å². The molecule has 0 bridgehead atoms. The number of ether oxygens (including phenoxy) is 1. The fraction of sp³-hybridized carbons (Fsp3) is 0.562. The van der Waals surface area contributed by atoms with E-state index in [4.69, 9.17) is 16.3 Å². The summed E-state index contributed by atoms with van der Waals surface area (Å²) in [4.78, 5) is 13.8. The van der Waals surface area contributed by atoms with Crippen LogP contribution in [-0.2, 0) is 11.3 Å². The number of piperidine rings is 1. The molecule has 0 radical (unpaired) electrons. The van der Waals surface area contributed by atoms with E-state index in [2.05, 4.69) is 4.90 Å². The van der Waals surface area contributed by atoms with Gasteiger partial charge in [-0.2, -0.15) is 0 Å². The Balaban J connectivity index is 2.05. The Morgan fingerprint density at radius 3 is 2.67 bits per heavy atom. The second-order valence-corrected chi connectivity index (χ2v) is 5.88. The standard InChI is InChI=1S/C16H22ClNO3/c1-3-21-14-4-6-18(7-5-14)10-12-8-13(17)9-15(11(2)19)16(12)20/h8-9,14,20H,3-7,10H2,1-2H3. The number of phenols is 1. The molecule has 0 unspecified atom stereocenters. The number of phenolic OH excluding ortho intramolecular Hbond substituents is 1. The Kier molecular flexibility index (Phi) is 5.62. The maximum atomic E-state index is 11.5. The highest BCUT2D eigenvalue weighted by atomic mass is 35.5. The zero-order valence-corrected chi connectivity index (χ0v) is 13.3. The van der Waals surface area contributed by atoms with Crippen molar-refractivity contribution in [2.75, 3.05) is 19.7 Å². The molecule has 4 nitrogen and oxygen atoms in total. The number of rotatable bonds is 5. The Hall–Kier alpha value is -1.10. The fourth-order valence-corrected chi connectivity index (χ4v) is 3.00. The molecule has 1 heterocycles. The van der Waals surface area contributed by atoms with Crippen LogP contribution in [0.4, 0.5) is 0 Å². The third-order valence-electron chi connectivity index (χ3n) is 3.86. The van der Waals surface area contributed by atoms with Gasteiger partial charge < -0.3 is 9.84 Å². The summed E-state index contributed by atoms with van der Waals surface area (Å²) in [6, 6.07) is 3.25. The van der Waals surface area contributed by atoms with E-state index in [0.29, 0.717) is 28.8 Å². The fourth-order valence-electron chi connectivity index (χ4n) is 2.76. The predicted octanol–water partition coefficient (Wildman–Crippen LogP) is 3.25. The number of Topliss-reactive ketones (excluding diaryl/α,β-unsaturated/α-hetero) is 1. The molecular formula is C16H22ClNO3. The van der Waals surface area contributed by atoms with Gasteiger partial charge in [-0.25, -0.2) is 0 Å². The van der Waals surface area contributed by atoms with E-state index >= 15 is 0 Å². The molecule has 1 N–H and O–H groups in total. The van der Waals surface area contributed by atoms with Crippen molar-refractivity contribution in [3.05, 3.63) is 28.3 Å². The minimum atomic E-state index is -0.175. The van der Waals surface area contributed by atoms with Crippen LogP contribution < -0.4 is 0 Å². The number of hydrogen-bond acceptors (Lipinski definition) is 4. The first-order valence-corrected chi connectivity index (χ1v) is 7.75. The second-order valence-electron chi connectivity index (χ2n) is 5.45. The normalized spacial score (nSPS) is 17.1. The Bertz CT molecular complexity index is 510. The minimum absolute atomic E-state index is 0.0545. The molecule has 1 saturated heterocycles. The van der Waals surface area contributed by atoms with Gasteiger partial charge in [-0.1, -0.05) is 11.6 Å². The first-order chi connectivity index (χ1) is 10.0. The number of halogens is 1. The third kappa shape index (κ3) is 4.19. The second kappa shape index (κ2) is 7.25. The molecule has 0 atom stereocenters. The highest BCUT2D eigenvalue weighted by molar-refractivity contribution is 6.31. The third-order valence-corrected chi connectivity index (χ3v) is 4.08. The monoisotopic (exact) mass is 311 g/mol. The van der Waals surface area contributed by atoms with Crippen molar-refractivity contribution in [2.24, 2.45) is 0 Å². The molecule has 1 aliphatic heterocycles. The van der Waals surface area contributed by atoms with Crippen molar-refractivity contribution in [3.8, 4) is 5.75 Å². The van der Waals surface area contributed by atoms with Crippen LogP contribution in [0.3, 0.4) is 0 Å². The number of ketones is 1. The van der Waals surface area contributed by atoms with Gasteiger partial charge in [-0.3, -0.25) is 9.69 Å². The number of carbonyl (C=O) groups is 1. The van der Waals surface area contributed by atoms with E-state index in [1.54, 1.807) is 6.07 Å². The molecule has 5 heteroatoms. The van der Waals surface area contributed by atoms with Crippen LogP contribution in [0.5, 0.6) is 5.75 Å². The van der Waals surface area contributed by atoms with Crippen molar-refractivity contribution in [1.82, 2.24) is 4.90 Å². The molecule has 1 aromatic rings. The van der Waals surface area contributed by atoms with Crippen LogP contribution in [0.15, 0.2) is 12.1 Å². The number of aromatic hydroxyl groups is 1. The van der Waals surface area contributed by atoms with Gasteiger partial charge >= 0.3 is 0 Å². The largest absolute Gasteiger partial charge is 0.507 e. The molecule has 0 spiro atoms. The summed E-state index contributed by atoms with van der Waals surface area (Å²) in [6.45, 7) is 6.65. The van der Waals surface area contributed by atoms with Crippen LogP contribution in [0, 0.1) is 0 Å². The van der Waals surface area contributed by atoms with Gasteiger partial charge in [0.2, 0.25) is 0 Å². The zero-order chi connectivity index (χ0) is 15.4. The lowest BCUT2D eigenvalue weighted by molar-refractivity contribution is 0.0124. The van der Waals surface area contributed by atoms with E-state index in [9.17, 15) is 9.90 Å². The van der Waals surface area contributed by atoms with Gasteiger partial charge in [0, 0.05) is 36.8 Å². The number of hydrogen-bond donors (Lipinski definition) is 1. The average molecular weight is 312 g/mol. The number of nitrogens with zero attached hydrogens (tertiary/aromatic N) is 1. The van der Waals surface area contributed by atoms with E-state index in [0.717, 1.165) is 32.5 Å². The summed E-state index contributed by atoms with van der Waals surface area (Å²) < 4.78 is 5.63. The Labute approximate surface area is 130 Å². The molecule has 21 heavy (non-hydrogen) atoms. The lowest BCUT2D eigenvalue weighted by Gasteiger charge is -2.32. The minimum Gasteiger partial charge on any atom is -0.507 e. The van der Waals surface area contributed by atoms with E-state index < -0.39 is 0 Å². The maximum Gasteiger partial charge on any atom is 0.163 e. The quantitative estimate of drug-likeness (QED) is 0.848. The van der Waals surface area contributed by atoms with Crippen LogP contribution in [0.1, 0.15) is 42.6 Å². The zero-order valence-electron chi connectivity index (χ0n) is 12.6. The molecule has 0 aromatic heterocycles. The number of carbonyl (C=O) groups excluding carboxylic acids is 1. The van der Waals surface area contributed by atoms with E-state index in [-0.39, 0.29) is 11.5 Å². The van der Waals surface area contributed by atoms with Gasteiger partial charge in [0.05, 0.1) is 11.7 Å². The predicted molar refractivity (Wildman–Crippen MR) is 83.0 cm³/mol. The van der Waals surface area contributed by atoms with Crippen molar-refractivity contribution in [3.63, 3.8) is 0 Å². The van der Waals surface area contributed by atoms with Crippen molar-refractivity contribution >= 4 is 17.4 Å². The molecule has 0 saturated carbocycles. The molecular weight excluding hydrogens is 290 g/mol. The van der Waals surface area contributed by atoms with Gasteiger partial charge in [0.15, 0.2) is 5.78 Å². The molecule has 1 aromatic carbocycles. The topological polar surface area (TPSA) is 49.8 Å². The lowest BCUT2D eigenvalue weighted by Crippen LogP contribution is -2.36. The summed E-state index contributed by atoms with van der Waals surface area (Å²) >= 11 is 6.05. The highest BCUT2D eigenvalue weighted by Gasteiger charge is 2.21. The summed E-state index contributed by atoms with van der Waals surface area (Å²) in [7, 11) is 0. The summed E-state index contributed by atoms with van der Waals surface area (Å²) in [5.41, 5.74) is 1.00. The number of benzene rings is 1. The first-order valence-electron chi connectivity index (χ1n) is 7.37. The van der Waals surface area contributed by atoms with Crippen molar-refractivity contribution < 1.29 is 14.6 Å². The van der Waals surface area contributed by atoms with Gasteiger partial charge in [0.25, 0.3) is 0 Å². The first kappa shape index (κ1) is 16.3. The summed E-state index contributed by atoms with van der Waals surface area (Å²) in [6.07, 6.45) is 2.33. The van der Waals surface area contributed by atoms with Gasteiger partial charge in [0.1, 0.15) is 5.75 Å². The molecule has 2 rings (SSSR count). The Morgan fingerprint density at radius 1 is 1.43 bits per heavy atom. The average Bonchev–Trinajstić information content (AvgIpc) is 2.44. The molecule has 116 valence electrons. The van der Waals surface area contributed by atoms with Crippen LogP contribution in [0.2, 0.25) is 5.02 Å². The highest BCUT2D eigenvalue weighted by Crippen LogP contribution is 2.29. The van der Waals surface area contributed by atoms with Gasteiger partial charge in [-0.05, 0) is 38.8 Å².